The predicted molar refractivity (Wildman–Crippen MR) is 88.4 cm³/mol. The molecule has 1 aromatic carbocycles. The van der Waals surface area contributed by atoms with Crippen molar-refractivity contribution in [2.45, 2.75) is 39.0 Å². The average molecular weight is 306 g/mol. The quantitative estimate of drug-likeness (QED) is 0.335. The predicted octanol–water partition coefficient (Wildman–Crippen LogP) is 3.72. The van der Waals surface area contributed by atoms with E-state index < -0.39 is 0 Å². The molecule has 21 heavy (non-hydrogen) atoms. The van der Waals surface area contributed by atoms with Gasteiger partial charge in [-0.05, 0) is 37.8 Å². The van der Waals surface area contributed by atoms with Gasteiger partial charge in [0.05, 0.1) is 0 Å². The van der Waals surface area contributed by atoms with Crippen LogP contribution in [0.1, 0.15) is 31.4 Å². The van der Waals surface area contributed by atoms with Gasteiger partial charge in [-0.15, -0.1) is 0 Å². The van der Waals surface area contributed by atoms with Crippen molar-refractivity contribution in [3.05, 3.63) is 42.0 Å². The Bertz CT molecular complexity index is 389. The molecule has 0 saturated carbocycles. The molecule has 4 heteroatoms. The fourth-order valence-electron chi connectivity index (χ4n) is 2.03. The van der Waals surface area contributed by atoms with E-state index in [1.54, 1.807) is 0 Å². The second-order valence-electron chi connectivity index (χ2n) is 4.54. The van der Waals surface area contributed by atoms with E-state index in [4.69, 9.17) is 13.9 Å². The van der Waals surface area contributed by atoms with Crippen molar-refractivity contribution in [2.24, 2.45) is 0 Å². The Labute approximate surface area is 131 Å². The zero-order chi connectivity index (χ0) is 15.3. The van der Waals surface area contributed by atoms with Gasteiger partial charge in [0, 0.05) is 25.9 Å². The third-order valence-electron chi connectivity index (χ3n) is 3.02. The summed E-state index contributed by atoms with van der Waals surface area (Å²) in [5.74, 6) is 0. The van der Waals surface area contributed by atoms with Crippen molar-refractivity contribution in [2.75, 3.05) is 19.8 Å². The van der Waals surface area contributed by atoms with Crippen molar-refractivity contribution < 1.29 is 13.9 Å². The molecule has 0 bridgehead atoms. The summed E-state index contributed by atoms with van der Waals surface area (Å²) in [4.78, 5) is 0. The third-order valence-corrected chi connectivity index (χ3v) is 3.93. The van der Waals surface area contributed by atoms with Crippen molar-refractivity contribution in [1.29, 1.82) is 0 Å². The van der Waals surface area contributed by atoms with Crippen LogP contribution in [0.5, 0.6) is 0 Å². The molecule has 0 aliphatic heterocycles. The van der Waals surface area contributed by atoms with E-state index >= 15 is 0 Å². The molecule has 0 amide bonds. The van der Waals surface area contributed by atoms with Gasteiger partial charge in [0.15, 0.2) is 6.29 Å². The van der Waals surface area contributed by atoms with Crippen LogP contribution in [-0.2, 0) is 20.3 Å². The molecule has 1 aromatic rings. The van der Waals surface area contributed by atoms with Crippen LogP contribution in [0.4, 0.5) is 0 Å². The Morgan fingerprint density at radius 1 is 1.19 bits per heavy atom. The van der Waals surface area contributed by atoms with Gasteiger partial charge in [-0.3, -0.25) is 0 Å². The maximum Gasteiger partial charge on any atom is 0.234 e. The third kappa shape index (κ3) is 7.57. The minimum atomic E-state index is -0.125. The highest BCUT2D eigenvalue weighted by Crippen LogP contribution is 2.12. The lowest BCUT2D eigenvalue weighted by atomic mass is 10.0. The minimum absolute atomic E-state index is 0.125. The van der Waals surface area contributed by atoms with Crippen molar-refractivity contribution in [3.63, 3.8) is 0 Å². The fraction of sp³-hybridized carbons (Fsp3) is 0.529. The van der Waals surface area contributed by atoms with Crippen LogP contribution in [0.25, 0.3) is 6.08 Å². The highest BCUT2D eigenvalue weighted by molar-refractivity contribution is 6.27. The topological polar surface area (TPSA) is 27.7 Å². The second kappa shape index (κ2) is 11.7. The summed E-state index contributed by atoms with van der Waals surface area (Å²) < 4.78 is 16.7. The Balaban J connectivity index is 2.15. The van der Waals surface area contributed by atoms with Gasteiger partial charge in [0.1, 0.15) is 0 Å². The monoisotopic (exact) mass is 306 g/mol. The summed E-state index contributed by atoms with van der Waals surface area (Å²) in [6.07, 6.45) is 3.82. The molecule has 3 nitrogen and oxygen atoms in total. The highest BCUT2D eigenvalue weighted by atomic mass is 28.2. The van der Waals surface area contributed by atoms with Crippen LogP contribution in [0, 0.1) is 0 Å². The first-order valence-corrected chi connectivity index (χ1v) is 8.71. The number of hydrogen-bond donors (Lipinski definition) is 0. The first kappa shape index (κ1) is 18.1. The zero-order valence-corrected chi connectivity index (χ0v) is 14.1. The van der Waals surface area contributed by atoms with Crippen LogP contribution in [0.15, 0.2) is 30.8 Å². The van der Waals surface area contributed by atoms with Gasteiger partial charge in [-0.25, -0.2) is 0 Å². The molecule has 0 aliphatic rings. The molecule has 0 aliphatic carbocycles. The largest absolute Gasteiger partial charge is 0.417 e. The highest BCUT2D eigenvalue weighted by Gasteiger charge is 2.08. The molecule has 0 heterocycles. The molecule has 2 radical (unpaired) electrons. The van der Waals surface area contributed by atoms with Gasteiger partial charge >= 0.3 is 0 Å². The van der Waals surface area contributed by atoms with Gasteiger partial charge in [0.25, 0.3) is 0 Å². The smallest absolute Gasteiger partial charge is 0.234 e. The Kier molecular flexibility index (Phi) is 10.1. The van der Waals surface area contributed by atoms with E-state index in [-0.39, 0.29) is 6.29 Å². The standard InChI is InChI=1S/C17H26O3Si/c1-4-15-10-7-8-11-16(15)12-9-13-20-21-14-17(18-5-2)19-6-3/h4,7-8,10-11,17H,1,5-6,9,12-14H2,2-3H3. The molecule has 0 saturated heterocycles. The first-order chi connectivity index (χ1) is 10.3. The summed E-state index contributed by atoms with van der Waals surface area (Å²) in [7, 11) is 0.427. The number of aryl methyl sites for hydroxylation is 1. The molecule has 0 unspecified atom stereocenters. The summed E-state index contributed by atoms with van der Waals surface area (Å²) in [6, 6.07) is 9.17. The summed E-state index contributed by atoms with van der Waals surface area (Å²) in [5.41, 5.74) is 2.55. The van der Waals surface area contributed by atoms with Crippen LogP contribution in [-0.4, -0.2) is 35.9 Å². The number of rotatable bonds is 12. The molecule has 1 rings (SSSR count). The van der Waals surface area contributed by atoms with E-state index in [1.165, 1.54) is 11.1 Å². The SMILES string of the molecule is C=Cc1ccccc1CCCO[Si]CC(OCC)OCC. The lowest BCUT2D eigenvalue weighted by Crippen LogP contribution is -2.20. The molecule has 116 valence electrons. The van der Waals surface area contributed by atoms with E-state index in [0.717, 1.165) is 25.5 Å². The van der Waals surface area contributed by atoms with Crippen LogP contribution < -0.4 is 0 Å². The van der Waals surface area contributed by atoms with Crippen LogP contribution in [0.2, 0.25) is 6.04 Å². The summed E-state index contributed by atoms with van der Waals surface area (Å²) in [5, 5.41) is 0. The Morgan fingerprint density at radius 3 is 2.57 bits per heavy atom. The Hall–Kier alpha value is -0.943. The first-order valence-electron chi connectivity index (χ1n) is 7.60. The summed E-state index contributed by atoms with van der Waals surface area (Å²) >= 11 is 0. The van der Waals surface area contributed by atoms with Gasteiger partial charge in [0.2, 0.25) is 9.76 Å². The van der Waals surface area contributed by atoms with Crippen LogP contribution >= 0.6 is 0 Å². The van der Waals surface area contributed by atoms with E-state index in [0.29, 0.717) is 23.0 Å². The lowest BCUT2D eigenvalue weighted by molar-refractivity contribution is -0.124. The van der Waals surface area contributed by atoms with Crippen LogP contribution in [0.3, 0.4) is 0 Å². The normalized spacial score (nSPS) is 11.0. The van der Waals surface area contributed by atoms with Gasteiger partial charge < -0.3 is 13.9 Å². The van der Waals surface area contributed by atoms with Gasteiger partial charge in [-0.1, -0.05) is 36.9 Å². The average Bonchev–Trinajstić information content (AvgIpc) is 2.51. The van der Waals surface area contributed by atoms with Gasteiger partial charge in [-0.2, -0.15) is 0 Å². The molecule has 0 spiro atoms. The van der Waals surface area contributed by atoms with Crippen molar-refractivity contribution in [1.82, 2.24) is 0 Å². The zero-order valence-electron chi connectivity index (χ0n) is 13.1. The molecular weight excluding hydrogens is 280 g/mol. The van der Waals surface area contributed by atoms with E-state index in [9.17, 15) is 0 Å². The number of benzene rings is 1. The van der Waals surface area contributed by atoms with E-state index in [2.05, 4.69) is 24.8 Å². The molecular formula is C17H26O3Si. The Morgan fingerprint density at radius 2 is 1.90 bits per heavy atom. The number of ether oxygens (including phenoxy) is 2. The minimum Gasteiger partial charge on any atom is -0.417 e. The summed E-state index contributed by atoms with van der Waals surface area (Å²) in [6.45, 7) is 9.93. The number of hydrogen-bond acceptors (Lipinski definition) is 3. The lowest BCUT2D eigenvalue weighted by Gasteiger charge is -2.15. The van der Waals surface area contributed by atoms with Crippen molar-refractivity contribution >= 4 is 15.8 Å². The fourth-order valence-corrected chi connectivity index (χ4v) is 2.81. The maximum absolute atomic E-state index is 5.69. The molecule has 0 atom stereocenters. The molecule has 0 N–H and O–H groups in total. The molecule has 0 aromatic heterocycles. The van der Waals surface area contributed by atoms with E-state index in [1.807, 2.05) is 26.0 Å². The van der Waals surface area contributed by atoms with Crippen molar-refractivity contribution in [3.8, 4) is 0 Å². The maximum atomic E-state index is 5.69. The second-order valence-corrected chi connectivity index (χ2v) is 5.53. The molecule has 0 fully saturated rings.